The minimum Gasteiger partial charge on any atom is -0.299 e. The Morgan fingerprint density at radius 1 is 1.43 bits per heavy atom. The van der Waals surface area contributed by atoms with Crippen LogP contribution in [0.2, 0.25) is 0 Å². The van der Waals surface area contributed by atoms with Crippen LogP contribution in [0.25, 0.3) is 0 Å². The third-order valence-corrected chi connectivity index (χ3v) is 2.67. The highest BCUT2D eigenvalue weighted by Gasteiger charge is 2.25. The monoisotopic (exact) mass is 188 g/mol. The number of carbonyl (C=O) groups is 1. The molecule has 0 radical (unpaired) electrons. The van der Waals surface area contributed by atoms with Gasteiger partial charge in [-0.3, -0.25) is 4.79 Å². The maximum atomic E-state index is 11.4. The maximum absolute atomic E-state index is 11.4. The minimum atomic E-state index is -0.429. The Bertz CT molecular complexity index is 326. The molecule has 0 heterocycles. The third-order valence-electron chi connectivity index (χ3n) is 2.67. The van der Waals surface area contributed by atoms with Gasteiger partial charge in [-0.25, -0.2) is 0 Å². The summed E-state index contributed by atoms with van der Waals surface area (Å²) in [6.07, 6.45) is 2.47. The molecule has 1 aromatic rings. The molecule has 0 aromatic heterocycles. The first-order valence-corrected chi connectivity index (χ1v) is 4.77. The van der Waals surface area contributed by atoms with Crippen molar-refractivity contribution in [2.75, 3.05) is 0 Å². The van der Waals surface area contributed by atoms with Crippen molar-refractivity contribution in [3.8, 4) is 0 Å². The van der Waals surface area contributed by atoms with Gasteiger partial charge in [-0.15, -0.1) is 6.58 Å². The zero-order valence-electron chi connectivity index (χ0n) is 8.79. The summed E-state index contributed by atoms with van der Waals surface area (Å²) in [5.41, 5.74) is 0.742. The molecule has 14 heavy (non-hydrogen) atoms. The van der Waals surface area contributed by atoms with Crippen molar-refractivity contribution in [3.63, 3.8) is 0 Å². The summed E-state index contributed by atoms with van der Waals surface area (Å²) in [7, 11) is 0. The second-order valence-electron chi connectivity index (χ2n) is 3.84. The van der Waals surface area contributed by atoms with Crippen LogP contribution in [-0.4, -0.2) is 5.78 Å². The molecule has 0 aliphatic heterocycles. The summed E-state index contributed by atoms with van der Waals surface area (Å²) < 4.78 is 0. The molecule has 1 nitrogen and oxygen atoms in total. The van der Waals surface area contributed by atoms with Crippen molar-refractivity contribution in [2.45, 2.75) is 20.3 Å². The molecular weight excluding hydrogens is 172 g/mol. The Morgan fingerprint density at radius 3 is 2.43 bits per heavy atom. The molecule has 0 saturated heterocycles. The van der Waals surface area contributed by atoms with E-state index in [1.54, 1.807) is 13.0 Å². The lowest BCUT2D eigenvalue weighted by Gasteiger charge is -2.22. The van der Waals surface area contributed by atoms with E-state index in [0.717, 1.165) is 6.42 Å². The zero-order valence-corrected chi connectivity index (χ0v) is 8.79. The summed E-state index contributed by atoms with van der Waals surface area (Å²) >= 11 is 0. The molecule has 74 valence electrons. The molecule has 0 saturated carbocycles. The fraction of sp³-hybridized carbons (Fsp3) is 0.308. The topological polar surface area (TPSA) is 17.1 Å². The van der Waals surface area contributed by atoms with Gasteiger partial charge in [0, 0.05) is 5.41 Å². The highest BCUT2D eigenvalue weighted by molar-refractivity contribution is 5.84. The molecule has 0 fully saturated rings. The molecular formula is C13H16O. The van der Waals surface area contributed by atoms with Gasteiger partial charge in [0.25, 0.3) is 0 Å². The first kappa shape index (κ1) is 10.7. The van der Waals surface area contributed by atoms with Gasteiger partial charge in [-0.1, -0.05) is 36.4 Å². The van der Waals surface area contributed by atoms with E-state index >= 15 is 0 Å². The Labute approximate surface area is 85.5 Å². The van der Waals surface area contributed by atoms with Gasteiger partial charge < -0.3 is 0 Å². The molecule has 0 bridgehead atoms. The first-order chi connectivity index (χ1) is 6.58. The standard InChI is InChI=1S/C13H16O/c1-4-13(3,11(2)14)10-12-8-6-5-7-9-12/h4-9H,1,10H2,2-3H3. The van der Waals surface area contributed by atoms with Gasteiger partial charge in [-0.2, -0.15) is 0 Å². The highest BCUT2D eigenvalue weighted by Crippen LogP contribution is 2.24. The summed E-state index contributed by atoms with van der Waals surface area (Å²) in [5.74, 6) is 0.163. The summed E-state index contributed by atoms with van der Waals surface area (Å²) in [5, 5.41) is 0. The van der Waals surface area contributed by atoms with Crippen molar-refractivity contribution >= 4 is 5.78 Å². The van der Waals surface area contributed by atoms with E-state index in [4.69, 9.17) is 0 Å². The van der Waals surface area contributed by atoms with Crippen LogP contribution in [-0.2, 0) is 11.2 Å². The quantitative estimate of drug-likeness (QED) is 0.664. The summed E-state index contributed by atoms with van der Waals surface area (Å²) in [6.45, 7) is 7.27. The molecule has 1 heteroatoms. The van der Waals surface area contributed by atoms with E-state index in [2.05, 4.69) is 6.58 Å². The van der Waals surface area contributed by atoms with Crippen LogP contribution in [0.3, 0.4) is 0 Å². The van der Waals surface area contributed by atoms with Crippen LogP contribution in [0.15, 0.2) is 43.0 Å². The third kappa shape index (κ3) is 2.32. The largest absolute Gasteiger partial charge is 0.299 e. The lowest BCUT2D eigenvalue weighted by molar-refractivity contribution is -0.123. The van der Waals surface area contributed by atoms with Gasteiger partial charge in [0.1, 0.15) is 5.78 Å². The van der Waals surface area contributed by atoms with Crippen LogP contribution < -0.4 is 0 Å². The Balaban J connectivity index is 2.86. The molecule has 0 aliphatic carbocycles. The van der Waals surface area contributed by atoms with E-state index in [-0.39, 0.29) is 5.78 Å². The zero-order chi connectivity index (χ0) is 10.6. The molecule has 1 atom stereocenters. The Hall–Kier alpha value is -1.37. The van der Waals surface area contributed by atoms with E-state index in [0.29, 0.717) is 0 Å². The predicted molar refractivity (Wildman–Crippen MR) is 59.1 cm³/mol. The van der Waals surface area contributed by atoms with Crippen LogP contribution in [0.4, 0.5) is 0 Å². The number of Topliss-reactive ketones (excluding diaryl/α,β-unsaturated/α-hetero) is 1. The van der Waals surface area contributed by atoms with Crippen molar-refractivity contribution in [2.24, 2.45) is 5.41 Å². The van der Waals surface area contributed by atoms with Crippen molar-refractivity contribution < 1.29 is 4.79 Å². The van der Waals surface area contributed by atoms with Gasteiger partial charge in [0.2, 0.25) is 0 Å². The average molecular weight is 188 g/mol. The second kappa shape index (κ2) is 4.23. The second-order valence-corrected chi connectivity index (χ2v) is 3.84. The maximum Gasteiger partial charge on any atom is 0.139 e. The van der Waals surface area contributed by atoms with Crippen LogP contribution in [0.1, 0.15) is 19.4 Å². The van der Waals surface area contributed by atoms with Crippen molar-refractivity contribution in [1.29, 1.82) is 0 Å². The van der Waals surface area contributed by atoms with Gasteiger partial charge in [-0.05, 0) is 25.8 Å². The normalized spacial score (nSPS) is 14.4. The van der Waals surface area contributed by atoms with Crippen molar-refractivity contribution in [3.05, 3.63) is 48.6 Å². The van der Waals surface area contributed by atoms with Crippen LogP contribution in [0.5, 0.6) is 0 Å². The molecule has 1 rings (SSSR count). The molecule has 0 N–H and O–H groups in total. The lowest BCUT2D eigenvalue weighted by atomic mass is 9.80. The fourth-order valence-corrected chi connectivity index (χ4v) is 1.36. The Morgan fingerprint density at radius 2 is 2.00 bits per heavy atom. The first-order valence-electron chi connectivity index (χ1n) is 4.77. The molecule has 0 aliphatic rings. The molecule has 1 unspecified atom stereocenters. The number of hydrogen-bond acceptors (Lipinski definition) is 1. The number of ketones is 1. The van der Waals surface area contributed by atoms with E-state index in [1.165, 1.54) is 5.56 Å². The van der Waals surface area contributed by atoms with E-state index in [9.17, 15) is 4.79 Å². The van der Waals surface area contributed by atoms with Crippen LogP contribution in [0, 0.1) is 5.41 Å². The predicted octanol–water partition coefficient (Wildman–Crippen LogP) is 3.01. The van der Waals surface area contributed by atoms with Gasteiger partial charge in [0.05, 0.1) is 0 Å². The number of hydrogen-bond donors (Lipinski definition) is 0. The number of rotatable bonds is 4. The highest BCUT2D eigenvalue weighted by atomic mass is 16.1. The number of allylic oxidation sites excluding steroid dienone is 1. The summed E-state index contributed by atoms with van der Waals surface area (Å²) in [4.78, 5) is 11.4. The smallest absolute Gasteiger partial charge is 0.139 e. The number of carbonyl (C=O) groups excluding carboxylic acids is 1. The van der Waals surface area contributed by atoms with Gasteiger partial charge >= 0.3 is 0 Å². The van der Waals surface area contributed by atoms with E-state index in [1.807, 2.05) is 37.3 Å². The molecule has 0 amide bonds. The Kier molecular flexibility index (Phi) is 3.23. The minimum absolute atomic E-state index is 0.163. The van der Waals surface area contributed by atoms with Gasteiger partial charge in [0.15, 0.2) is 0 Å². The lowest BCUT2D eigenvalue weighted by Crippen LogP contribution is -2.25. The molecule has 0 spiro atoms. The molecule has 1 aromatic carbocycles. The fourth-order valence-electron chi connectivity index (χ4n) is 1.36. The van der Waals surface area contributed by atoms with Crippen molar-refractivity contribution in [1.82, 2.24) is 0 Å². The number of benzene rings is 1. The SMILES string of the molecule is C=CC(C)(Cc1ccccc1)C(C)=O. The average Bonchev–Trinajstić information content (AvgIpc) is 2.19. The summed E-state index contributed by atoms with van der Waals surface area (Å²) in [6, 6.07) is 10.0. The van der Waals surface area contributed by atoms with E-state index < -0.39 is 5.41 Å². The van der Waals surface area contributed by atoms with Crippen LogP contribution >= 0.6 is 0 Å².